The van der Waals surface area contributed by atoms with Crippen molar-refractivity contribution in [1.82, 2.24) is 4.98 Å². The molecule has 0 bridgehead atoms. The highest BCUT2D eigenvalue weighted by Gasteiger charge is 2.45. The zero-order chi connectivity index (χ0) is 22.3. The zero-order valence-electron chi connectivity index (χ0n) is 19.4. The summed E-state index contributed by atoms with van der Waals surface area (Å²) in [6.45, 7) is 16.3. The van der Waals surface area contributed by atoms with E-state index >= 15 is 0 Å². The van der Waals surface area contributed by atoms with Gasteiger partial charge in [-0.2, -0.15) is 0 Å². The first-order valence-corrected chi connectivity index (χ1v) is 14.0. The molecule has 0 fully saturated rings. The summed E-state index contributed by atoms with van der Waals surface area (Å²) in [5, 5.41) is 1.35. The lowest BCUT2D eigenvalue weighted by Gasteiger charge is -2.41. The Labute approximate surface area is 185 Å². The van der Waals surface area contributed by atoms with Crippen LogP contribution < -0.4 is 9.92 Å². The van der Waals surface area contributed by atoms with E-state index < -0.39 is 8.07 Å². The van der Waals surface area contributed by atoms with E-state index in [1.54, 1.807) is 0 Å². The molecular weight excluding hydrogens is 398 g/mol. The summed E-state index contributed by atoms with van der Waals surface area (Å²) in [4.78, 5) is 18.4. The lowest BCUT2D eigenvalue weighted by molar-refractivity contribution is 0.104. The highest BCUT2D eigenvalue weighted by atomic mass is 28.3. The highest BCUT2D eigenvalue weighted by Crippen LogP contribution is 2.48. The number of rotatable bonds is 1. The summed E-state index contributed by atoms with van der Waals surface area (Å²) >= 11 is 0. The largest absolute Gasteiger partial charge is 0.488 e. The van der Waals surface area contributed by atoms with E-state index in [0.717, 1.165) is 45.0 Å². The molecule has 0 atom stereocenters. The number of ether oxygens (including phenoxy) is 1. The number of benzene rings is 2. The number of fused-ring (bicyclic) bond motifs is 6. The van der Waals surface area contributed by atoms with E-state index in [4.69, 9.17) is 9.72 Å². The normalized spacial score (nSPS) is 14.5. The van der Waals surface area contributed by atoms with E-state index in [9.17, 15) is 4.79 Å². The van der Waals surface area contributed by atoms with Crippen molar-refractivity contribution in [3.05, 3.63) is 64.5 Å². The molecule has 5 rings (SSSR count). The van der Waals surface area contributed by atoms with Crippen molar-refractivity contribution in [3.8, 4) is 28.0 Å². The van der Waals surface area contributed by atoms with Crippen LogP contribution in [0.4, 0.5) is 0 Å². The maximum atomic E-state index is 13.7. The molecule has 0 N–H and O–H groups in total. The van der Waals surface area contributed by atoms with E-state index in [2.05, 4.69) is 52.9 Å². The molecule has 1 aliphatic heterocycles. The van der Waals surface area contributed by atoms with Crippen molar-refractivity contribution in [3.63, 3.8) is 0 Å². The minimum Gasteiger partial charge on any atom is -0.488 e. The number of aryl methyl sites for hydroxylation is 2. The van der Waals surface area contributed by atoms with Crippen molar-refractivity contribution >= 4 is 19.0 Å². The van der Waals surface area contributed by atoms with Crippen LogP contribution in [0, 0.1) is 13.8 Å². The molecule has 0 saturated heterocycles. The van der Waals surface area contributed by atoms with Crippen molar-refractivity contribution in [2.75, 3.05) is 0 Å². The van der Waals surface area contributed by atoms with E-state index in [1.807, 2.05) is 31.2 Å². The minimum absolute atomic E-state index is 0.0891. The van der Waals surface area contributed by atoms with Gasteiger partial charge >= 0.3 is 0 Å². The quantitative estimate of drug-likeness (QED) is 0.340. The van der Waals surface area contributed by atoms with E-state index in [-0.39, 0.29) is 10.8 Å². The fourth-order valence-electron chi connectivity index (χ4n) is 5.04. The molecule has 2 aliphatic rings. The average molecular weight is 428 g/mol. The fourth-order valence-corrected chi connectivity index (χ4v) is 7.63. The Morgan fingerprint density at radius 3 is 2.29 bits per heavy atom. The third kappa shape index (κ3) is 2.70. The lowest BCUT2D eigenvalue weighted by Crippen LogP contribution is -2.53. The van der Waals surface area contributed by atoms with Crippen LogP contribution in [-0.2, 0) is 6.61 Å². The van der Waals surface area contributed by atoms with Crippen molar-refractivity contribution < 1.29 is 9.53 Å². The van der Waals surface area contributed by atoms with E-state index in [0.29, 0.717) is 6.61 Å². The van der Waals surface area contributed by atoms with Crippen LogP contribution in [0.5, 0.6) is 5.75 Å². The summed E-state index contributed by atoms with van der Waals surface area (Å²) in [7, 11) is -2.07. The van der Waals surface area contributed by atoms with Gasteiger partial charge in [0.1, 0.15) is 12.4 Å². The number of carbonyl (C=O) groups is 1. The fraction of sp³-hybridized carbons (Fsp3) is 0.333. The molecule has 4 heteroatoms. The minimum atomic E-state index is -2.07. The predicted molar refractivity (Wildman–Crippen MR) is 129 cm³/mol. The Morgan fingerprint density at radius 1 is 0.935 bits per heavy atom. The van der Waals surface area contributed by atoms with Gasteiger partial charge in [0.15, 0.2) is 5.78 Å². The summed E-state index contributed by atoms with van der Waals surface area (Å²) in [5.74, 6) is 1.06. The molecule has 158 valence electrons. The maximum absolute atomic E-state index is 13.7. The molecule has 2 heterocycles. The molecule has 3 aromatic rings. The van der Waals surface area contributed by atoms with Crippen LogP contribution >= 0.6 is 0 Å². The van der Waals surface area contributed by atoms with Crippen molar-refractivity contribution in [1.29, 1.82) is 0 Å². The summed E-state index contributed by atoms with van der Waals surface area (Å²) in [5.41, 5.74) is 9.26. The first kappa shape index (κ1) is 20.2. The molecule has 2 aromatic carbocycles. The SMILES string of the molecule is Cc1cc2c(c(C)n1)-c1cc3c(c([Si](C)(C)C(C)(C)C)c1CO2)C(=O)c1ccccc1-3. The molecule has 3 nitrogen and oxygen atoms in total. The molecule has 1 aliphatic carbocycles. The van der Waals surface area contributed by atoms with Gasteiger partial charge in [-0.3, -0.25) is 9.78 Å². The van der Waals surface area contributed by atoms with Crippen LogP contribution in [0.1, 0.15) is 53.6 Å². The summed E-state index contributed by atoms with van der Waals surface area (Å²) in [6.07, 6.45) is 0. The van der Waals surface area contributed by atoms with Gasteiger partial charge in [-0.25, -0.2) is 0 Å². The molecule has 0 unspecified atom stereocenters. The first-order valence-electron chi connectivity index (χ1n) is 11.0. The van der Waals surface area contributed by atoms with Gasteiger partial charge in [0.25, 0.3) is 0 Å². The summed E-state index contributed by atoms with van der Waals surface area (Å²) in [6, 6.07) is 12.3. The van der Waals surface area contributed by atoms with Gasteiger partial charge in [-0.15, -0.1) is 0 Å². The molecule has 1 aromatic heterocycles. The Bertz CT molecular complexity index is 1280. The van der Waals surface area contributed by atoms with Crippen LogP contribution in [-0.4, -0.2) is 18.8 Å². The molecule has 31 heavy (non-hydrogen) atoms. The second-order valence-electron chi connectivity index (χ2n) is 10.5. The second kappa shape index (κ2) is 6.39. The molecular formula is C27H29NO2Si. The smallest absolute Gasteiger partial charge is 0.194 e. The number of carbonyl (C=O) groups excluding carboxylic acids is 1. The predicted octanol–water partition coefficient (Wildman–Crippen LogP) is 6.18. The topological polar surface area (TPSA) is 39.2 Å². The van der Waals surface area contributed by atoms with Gasteiger partial charge < -0.3 is 4.74 Å². The van der Waals surface area contributed by atoms with Crippen LogP contribution in [0.25, 0.3) is 22.3 Å². The number of hydrogen-bond acceptors (Lipinski definition) is 3. The molecule has 0 saturated carbocycles. The maximum Gasteiger partial charge on any atom is 0.194 e. The van der Waals surface area contributed by atoms with Crippen molar-refractivity contribution in [2.45, 2.75) is 59.4 Å². The van der Waals surface area contributed by atoms with Crippen LogP contribution in [0.2, 0.25) is 18.1 Å². The van der Waals surface area contributed by atoms with Gasteiger partial charge in [0, 0.05) is 34.1 Å². The van der Waals surface area contributed by atoms with E-state index in [1.165, 1.54) is 16.3 Å². The second-order valence-corrected chi connectivity index (χ2v) is 15.7. The first-order chi connectivity index (χ1) is 14.5. The van der Waals surface area contributed by atoms with Gasteiger partial charge in [0.05, 0.1) is 8.07 Å². The van der Waals surface area contributed by atoms with Gasteiger partial charge in [-0.1, -0.05) is 58.1 Å². The third-order valence-electron chi connectivity index (χ3n) is 7.56. The number of aromatic nitrogens is 1. The Hall–Kier alpha value is -2.72. The van der Waals surface area contributed by atoms with Crippen LogP contribution in [0.15, 0.2) is 36.4 Å². The van der Waals surface area contributed by atoms with Gasteiger partial charge in [0.2, 0.25) is 0 Å². The average Bonchev–Trinajstić information content (AvgIpc) is 2.97. The summed E-state index contributed by atoms with van der Waals surface area (Å²) < 4.78 is 6.30. The van der Waals surface area contributed by atoms with Gasteiger partial charge in [-0.05, 0) is 52.4 Å². The molecule has 0 amide bonds. The third-order valence-corrected chi connectivity index (χ3v) is 13.1. The standard InChI is InChI=1S/C27H29NO2Si/c1-15-12-22-23(16(2)28-15)20-13-19-17-10-8-9-11-18(17)25(29)24(19)26(21(20)14-30-22)31(6,7)27(3,4)5/h8-13H,14H2,1-7H3. The number of pyridine rings is 1. The Balaban J connectivity index is 1.94. The Morgan fingerprint density at radius 2 is 1.61 bits per heavy atom. The molecule has 0 spiro atoms. The lowest BCUT2D eigenvalue weighted by atomic mass is 9.90. The number of nitrogens with zero attached hydrogens (tertiary/aromatic N) is 1. The van der Waals surface area contributed by atoms with Crippen molar-refractivity contribution in [2.24, 2.45) is 0 Å². The zero-order valence-corrected chi connectivity index (χ0v) is 20.4. The highest BCUT2D eigenvalue weighted by molar-refractivity contribution is 6.93. The molecule has 0 radical (unpaired) electrons. The number of hydrogen-bond donors (Lipinski definition) is 0. The Kier molecular flexibility index (Phi) is 4.16. The number of ketones is 1. The van der Waals surface area contributed by atoms with Crippen LogP contribution in [0.3, 0.4) is 0 Å². The monoisotopic (exact) mass is 427 g/mol.